The van der Waals surface area contributed by atoms with E-state index in [0.29, 0.717) is 29.9 Å². The fourth-order valence-electron chi connectivity index (χ4n) is 2.52. The second-order valence-electron chi connectivity index (χ2n) is 5.33. The summed E-state index contributed by atoms with van der Waals surface area (Å²) in [7, 11) is 0. The molecule has 0 saturated carbocycles. The van der Waals surface area contributed by atoms with E-state index in [1.807, 2.05) is 0 Å². The van der Waals surface area contributed by atoms with Crippen LogP contribution < -0.4 is 10.9 Å². The molecule has 1 aliphatic rings. The molecule has 3 aromatic heterocycles. The van der Waals surface area contributed by atoms with E-state index in [1.165, 1.54) is 22.2 Å². The molecule has 1 aliphatic heterocycles. The Morgan fingerprint density at radius 3 is 3.25 bits per heavy atom. The zero-order valence-electron chi connectivity index (χ0n) is 12.6. The summed E-state index contributed by atoms with van der Waals surface area (Å²) in [5, 5.41) is 4.94. The Morgan fingerprint density at radius 2 is 2.33 bits per heavy atom. The molecule has 9 heteroatoms. The predicted molar refractivity (Wildman–Crippen MR) is 87.9 cm³/mol. The van der Waals surface area contributed by atoms with Crippen LogP contribution in [0.3, 0.4) is 0 Å². The van der Waals surface area contributed by atoms with Crippen molar-refractivity contribution in [2.24, 2.45) is 0 Å². The largest absolute Gasteiger partial charge is 0.376 e. The average molecular weight is 343 g/mol. The molecule has 4 rings (SSSR count). The molecule has 0 saturated heterocycles. The molecule has 0 bridgehead atoms. The van der Waals surface area contributed by atoms with E-state index in [0.717, 1.165) is 11.3 Å². The van der Waals surface area contributed by atoms with Gasteiger partial charge in [-0.3, -0.25) is 19.5 Å². The first-order valence-electron chi connectivity index (χ1n) is 7.36. The van der Waals surface area contributed by atoms with Crippen LogP contribution in [0.1, 0.15) is 11.3 Å². The van der Waals surface area contributed by atoms with Gasteiger partial charge in [0.05, 0.1) is 30.6 Å². The molecule has 24 heavy (non-hydrogen) atoms. The van der Waals surface area contributed by atoms with Crippen LogP contribution in [-0.4, -0.2) is 32.0 Å². The van der Waals surface area contributed by atoms with Crippen molar-refractivity contribution in [2.75, 3.05) is 11.9 Å². The van der Waals surface area contributed by atoms with Gasteiger partial charge < -0.3 is 4.74 Å². The van der Waals surface area contributed by atoms with Crippen molar-refractivity contribution in [2.45, 2.75) is 19.6 Å². The van der Waals surface area contributed by atoms with Crippen LogP contribution in [0.25, 0.3) is 10.2 Å². The number of fused-ring (bicyclic) bond motifs is 2. The van der Waals surface area contributed by atoms with Gasteiger partial charge in [0, 0.05) is 18.2 Å². The smallest absolute Gasteiger partial charge is 0.262 e. The summed E-state index contributed by atoms with van der Waals surface area (Å²) in [6.45, 7) is 0.964. The monoisotopic (exact) mass is 343 g/mol. The maximum atomic E-state index is 12.3. The number of amides is 1. The third-order valence-electron chi connectivity index (χ3n) is 3.71. The summed E-state index contributed by atoms with van der Waals surface area (Å²) in [4.78, 5) is 37.7. The molecule has 0 fully saturated rings. The number of ether oxygens (including phenoxy) is 1. The lowest BCUT2D eigenvalue weighted by atomic mass is 10.1. The Hall–Kier alpha value is -2.65. The molecule has 0 aliphatic carbocycles. The van der Waals surface area contributed by atoms with E-state index in [2.05, 4.69) is 20.3 Å². The van der Waals surface area contributed by atoms with Gasteiger partial charge in [0.1, 0.15) is 11.4 Å². The second-order valence-corrected chi connectivity index (χ2v) is 6.23. The van der Waals surface area contributed by atoms with E-state index in [9.17, 15) is 9.59 Å². The number of thiophene rings is 1. The molecular formula is C15H13N5O3S. The Labute approximate surface area is 140 Å². The Bertz CT molecular complexity index is 981. The SMILES string of the molecule is O=C(Cn1cnc2sccc2c1=O)Nc1ncc2c(n1)CCOC2. The van der Waals surface area contributed by atoms with Crippen molar-refractivity contribution in [3.8, 4) is 0 Å². The lowest BCUT2D eigenvalue weighted by Crippen LogP contribution is -2.28. The number of rotatable bonds is 3. The highest BCUT2D eigenvalue weighted by Crippen LogP contribution is 2.15. The molecule has 0 unspecified atom stereocenters. The highest BCUT2D eigenvalue weighted by molar-refractivity contribution is 7.16. The van der Waals surface area contributed by atoms with Gasteiger partial charge in [0.2, 0.25) is 11.9 Å². The van der Waals surface area contributed by atoms with E-state index in [4.69, 9.17) is 4.74 Å². The molecule has 4 heterocycles. The highest BCUT2D eigenvalue weighted by atomic mass is 32.1. The fourth-order valence-corrected chi connectivity index (χ4v) is 3.24. The van der Waals surface area contributed by atoms with Crippen LogP contribution in [0, 0.1) is 0 Å². The lowest BCUT2D eigenvalue weighted by molar-refractivity contribution is -0.116. The van der Waals surface area contributed by atoms with Gasteiger partial charge in [0.15, 0.2) is 0 Å². The maximum absolute atomic E-state index is 12.3. The third-order valence-corrected chi connectivity index (χ3v) is 4.53. The predicted octanol–water partition coefficient (Wildman–Crippen LogP) is 0.959. The van der Waals surface area contributed by atoms with Crippen LogP contribution in [0.4, 0.5) is 5.95 Å². The van der Waals surface area contributed by atoms with Crippen molar-refractivity contribution < 1.29 is 9.53 Å². The van der Waals surface area contributed by atoms with Crippen molar-refractivity contribution in [1.29, 1.82) is 0 Å². The maximum Gasteiger partial charge on any atom is 0.262 e. The van der Waals surface area contributed by atoms with Crippen LogP contribution in [-0.2, 0) is 29.1 Å². The van der Waals surface area contributed by atoms with E-state index >= 15 is 0 Å². The van der Waals surface area contributed by atoms with Crippen molar-refractivity contribution in [1.82, 2.24) is 19.5 Å². The van der Waals surface area contributed by atoms with Crippen molar-refractivity contribution >= 4 is 33.4 Å². The topological polar surface area (TPSA) is 99.0 Å². The first-order valence-corrected chi connectivity index (χ1v) is 8.24. The zero-order chi connectivity index (χ0) is 16.5. The number of carbonyl (C=O) groups is 1. The van der Waals surface area contributed by atoms with Gasteiger partial charge >= 0.3 is 0 Å². The molecule has 0 spiro atoms. The zero-order valence-corrected chi connectivity index (χ0v) is 13.4. The molecule has 1 N–H and O–H groups in total. The minimum atomic E-state index is -0.375. The number of aromatic nitrogens is 4. The van der Waals surface area contributed by atoms with E-state index < -0.39 is 0 Å². The number of nitrogens with zero attached hydrogens (tertiary/aromatic N) is 4. The Balaban J connectivity index is 1.52. The second kappa shape index (κ2) is 6.10. The minimum absolute atomic E-state index is 0.138. The summed E-state index contributed by atoms with van der Waals surface area (Å²) in [6.07, 6.45) is 3.73. The van der Waals surface area contributed by atoms with E-state index in [1.54, 1.807) is 17.6 Å². The van der Waals surface area contributed by atoms with Crippen LogP contribution in [0.2, 0.25) is 0 Å². The summed E-state index contributed by atoms with van der Waals surface area (Å²) in [6, 6.07) is 1.71. The number of hydrogen-bond donors (Lipinski definition) is 1. The van der Waals surface area contributed by atoms with Gasteiger partial charge in [-0.05, 0) is 11.4 Å². The Kier molecular flexibility index (Phi) is 3.79. The number of nitrogens with one attached hydrogen (secondary N) is 1. The first kappa shape index (κ1) is 14.9. The number of carbonyl (C=O) groups excluding carboxylic acids is 1. The van der Waals surface area contributed by atoms with Crippen molar-refractivity contribution in [3.05, 3.63) is 45.6 Å². The van der Waals surface area contributed by atoms with Gasteiger partial charge in [-0.25, -0.2) is 15.0 Å². The van der Waals surface area contributed by atoms with Crippen LogP contribution in [0.5, 0.6) is 0 Å². The summed E-state index contributed by atoms with van der Waals surface area (Å²) in [5.41, 5.74) is 1.58. The molecule has 0 radical (unpaired) electrons. The summed E-state index contributed by atoms with van der Waals surface area (Å²) < 4.78 is 6.60. The average Bonchev–Trinajstić information content (AvgIpc) is 3.07. The van der Waals surface area contributed by atoms with Gasteiger partial charge in [0.25, 0.3) is 5.56 Å². The highest BCUT2D eigenvalue weighted by Gasteiger charge is 2.14. The first-order chi connectivity index (χ1) is 11.7. The van der Waals surface area contributed by atoms with Gasteiger partial charge in [-0.2, -0.15) is 0 Å². The third kappa shape index (κ3) is 2.79. The molecule has 3 aromatic rings. The normalized spacial score (nSPS) is 13.7. The summed E-state index contributed by atoms with van der Waals surface area (Å²) >= 11 is 1.39. The molecule has 122 valence electrons. The Morgan fingerprint density at radius 1 is 1.42 bits per heavy atom. The van der Waals surface area contributed by atoms with Gasteiger partial charge in [-0.1, -0.05) is 0 Å². The number of hydrogen-bond acceptors (Lipinski definition) is 7. The molecule has 8 nitrogen and oxygen atoms in total. The quantitative estimate of drug-likeness (QED) is 0.760. The number of anilines is 1. The summed E-state index contributed by atoms with van der Waals surface area (Å²) in [5.74, 6) is -0.140. The van der Waals surface area contributed by atoms with Crippen molar-refractivity contribution in [3.63, 3.8) is 0 Å². The molecule has 1 amide bonds. The van der Waals surface area contributed by atoms with E-state index in [-0.39, 0.29) is 24.0 Å². The lowest BCUT2D eigenvalue weighted by Gasteiger charge is -2.15. The van der Waals surface area contributed by atoms with Gasteiger partial charge in [-0.15, -0.1) is 11.3 Å². The minimum Gasteiger partial charge on any atom is -0.376 e. The fraction of sp³-hybridized carbons (Fsp3) is 0.267. The molecule has 0 atom stereocenters. The van der Waals surface area contributed by atoms with Crippen LogP contribution >= 0.6 is 11.3 Å². The molecular weight excluding hydrogens is 330 g/mol. The standard InChI is InChI=1S/C15H13N5O3S/c21-12(6-20-8-17-13-10(14(20)22)2-4-24-13)19-15-16-5-9-7-23-3-1-11(9)18-15/h2,4-5,8H,1,3,6-7H2,(H,16,18,19,21). The van der Waals surface area contributed by atoms with Crippen LogP contribution in [0.15, 0.2) is 28.8 Å². The molecule has 0 aromatic carbocycles.